The van der Waals surface area contributed by atoms with Crippen LogP contribution in [0.25, 0.3) is 0 Å². The zero-order chi connectivity index (χ0) is 14.7. The van der Waals surface area contributed by atoms with Gasteiger partial charge in [-0.25, -0.2) is 4.39 Å². The third-order valence-electron chi connectivity index (χ3n) is 4.18. The summed E-state index contributed by atoms with van der Waals surface area (Å²) in [4.78, 5) is 14.4. The molecule has 2 N–H and O–H groups in total. The maximum Gasteiger partial charge on any atom is 0.238 e. The maximum atomic E-state index is 13.5. The molecule has 0 aromatic heterocycles. The highest BCUT2D eigenvalue weighted by atomic mass is 19.1. The number of nitrogens with zero attached hydrogens (tertiary/aromatic N) is 1. The van der Waals surface area contributed by atoms with Gasteiger partial charge >= 0.3 is 0 Å². The molecule has 1 heterocycles. The summed E-state index contributed by atoms with van der Waals surface area (Å²) < 4.78 is 13.5. The highest BCUT2D eigenvalue weighted by Gasteiger charge is 2.32. The predicted molar refractivity (Wildman–Crippen MR) is 80.6 cm³/mol. The van der Waals surface area contributed by atoms with Crippen molar-refractivity contribution in [3.8, 4) is 0 Å². The smallest absolute Gasteiger partial charge is 0.238 e. The molecular weight excluding hydrogens is 269 g/mol. The number of nitrogens with one attached hydrogen (secondary N) is 2. The van der Waals surface area contributed by atoms with E-state index in [1.54, 1.807) is 18.2 Å². The summed E-state index contributed by atoms with van der Waals surface area (Å²) in [5.74, 6) is -0.522. The zero-order valence-corrected chi connectivity index (χ0v) is 12.1. The Bertz CT molecular complexity index is 498. The van der Waals surface area contributed by atoms with Gasteiger partial charge in [0, 0.05) is 18.6 Å². The highest BCUT2D eigenvalue weighted by molar-refractivity contribution is 5.92. The summed E-state index contributed by atoms with van der Waals surface area (Å²) in [5, 5.41) is 6.14. The highest BCUT2D eigenvalue weighted by Crippen LogP contribution is 2.27. The van der Waals surface area contributed by atoms with Crippen LogP contribution in [0.3, 0.4) is 0 Å². The molecule has 4 nitrogen and oxygen atoms in total. The third kappa shape index (κ3) is 4.02. The molecular formula is C16H22FN3O. The molecule has 2 aliphatic rings. The minimum Gasteiger partial charge on any atom is -0.322 e. The van der Waals surface area contributed by atoms with Crippen LogP contribution in [0.5, 0.6) is 0 Å². The fourth-order valence-electron chi connectivity index (χ4n) is 2.91. The molecule has 1 aromatic carbocycles. The Morgan fingerprint density at radius 1 is 1.33 bits per heavy atom. The van der Waals surface area contributed by atoms with Gasteiger partial charge in [0.15, 0.2) is 0 Å². The molecule has 114 valence electrons. The Morgan fingerprint density at radius 2 is 2.14 bits per heavy atom. The van der Waals surface area contributed by atoms with Gasteiger partial charge in [0.2, 0.25) is 5.91 Å². The van der Waals surface area contributed by atoms with Crippen LogP contribution in [-0.4, -0.2) is 42.5 Å². The number of hydrogen-bond donors (Lipinski definition) is 2. The van der Waals surface area contributed by atoms with Crippen LogP contribution >= 0.6 is 0 Å². The molecule has 0 radical (unpaired) electrons. The summed E-state index contributed by atoms with van der Waals surface area (Å²) in [5.41, 5.74) is 0.261. The van der Waals surface area contributed by atoms with E-state index in [0.29, 0.717) is 18.6 Å². The minimum absolute atomic E-state index is 0.134. The number of anilines is 1. The normalized spacial score (nSPS) is 21.7. The van der Waals surface area contributed by atoms with Crippen LogP contribution in [0, 0.1) is 5.82 Å². The number of rotatable bonds is 6. The van der Waals surface area contributed by atoms with Crippen LogP contribution in [0.15, 0.2) is 24.3 Å². The molecule has 1 atom stereocenters. The topological polar surface area (TPSA) is 44.4 Å². The second kappa shape index (κ2) is 6.54. The van der Waals surface area contributed by atoms with E-state index in [1.807, 2.05) is 0 Å². The number of benzene rings is 1. The largest absolute Gasteiger partial charge is 0.322 e. The first-order valence-corrected chi connectivity index (χ1v) is 7.74. The van der Waals surface area contributed by atoms with Gasteiger partial charge in [-0.1, -0.05) is 12.1 Å². The van der Waals surface area contributed by atoms with Crippen molar-refractivity contribution in [1.82, 2.24) is 10.2 Å². The molecule has 1 aliphatic carbocycles. The summed E-state index contributed by atoms with van der Waals surface area (Å²) in [7, 11) is 0. The molecule has 1 unspecified atom stereocenters. The van der Waals surface area contributed by atoms with Gasteiger partial charge in [0.1, 0.15) is 5.82 Å². The van der Waals surface area contributed by atoms with E-state index in [4.69, 9.17) is 0 Å². The molecule has 1 saturated heterocycles. The van der Waals surface area contributed by atoms with Crippen molar-refractivity contribution in [2.45, 2.75) is 37.8 Å². The van der Waals surface area contributed by atoms with E-state index in [2.05, 4.69) is 15.5 Å². The molecule has 5 heteroatoms. The lowest BCUT2D eigenvalue weighted by atomic mass is 10.2. The predicted octanol–water partition coefficient (Wildman–Crippen LogP) is 1.98. The Kier molecular flexibility index (Phi) is 4.51. The van der Waals surface area contributed by atoms with Crippen LogP contribution in [0.1, 0.15) is 25.7 Å². The average molecular weight is 291 g/mol. The number of halogens is 1. The molecule has 3 rings (SSSR count). The summed E-state index contributed by atoms with van der Waals surface area (Å²) in [6.07, 6.45) is 4.72. The number of amides is 1. The Balaban J connectivity index is 1.55. The van der Waals surface area contributed by atoms with Gasteiger partial charge < -0.3 is 10.6 Å². The quantitative estimate of drug-likeness (QED) is 0.842. The molecule has 0 bridgehead atoms. The standard InChI is InChI=1S/C16H22FN3O/c17-14-5-1-2-6-15(14)19-16(21)11-20(13-7-8-13)10-12-4-3-9-18-12/h1-2,5-6,12-13,18H,3-4,7-11H2,(H,19,21). The van der Waals surface area contributed by atoms with E-state index >= 15 is 0 Å². The van der Waals surface area contributed by atoms with Gasteiger partial charge in [-0.15, -0.1) is 0 Å². The van der Waals surface area contributed by atoms with E-state index < -0.39 is 0 Å². The fourth-order valence-corrected chi connectivity index (χ4v) is 2.91. The molecule has 2 fully saturated rings. The lowest BCUT2D eigenvalue weighted by molar-refractivity contribution is -0.117. The van der Waals surface area contributed by atoms with Crippen molar-refractivity contribution in [2.24, 2.45) is 0 Å². The van der Waals surface area contributed by atoms with Gasteiger partial charge in [-0.3, -0.25) is 9.69 Å². The van der Waals surface area contributed by atoms with Gasteiger partial charge in [0.25, 0.3) is 0 Å². The van der Waals surface area contributed by atoms with Crippen molar-refractivity contribution in [3.63, 3.8) is 0 Å². The van der Waals surface area contributed by atoms with Crippen LogP contribution in [0.4, 0.5) is 10.1 Å². The monoisotopic (exact) mass is 291 g/mol. The molecule has 1 aromatic rings. The first-order valence-electron chi connectivity index (χ1n) is 7.74. The molecule has 1 saturated carbocycles. The number of carbonyl (C=O) groups is 1. The van der Waals surface area contributed by atoms with Crippen molar-refractivity contribution < 1.29 is 9.18 Å². The molecule has 21 heavy (non-hydrogen) atoms. The number of para-hydroxylation sites is 1. The Labute approximate surface area is 124 Å². The van der Waals surface area contributed by atoms with Crippen molar-refractivity contribution >= 4 is 11.6 Å². The van der Waals surface area contributed by atoms with Gasteiger partial charge in [-0.2, -0.15) is 0 Å². The van der Waals surface area contributed by atoms with Gasteiger partial charge in [-0.05, 0) is 44.4 Å². The van der Waals surface area contributed by atoms with E-state index in [0.717, 1.165) is 13.1 Å². The molecule has 1 amide bonds. The second-order valence-electron chi connectivity index (χ2n) is 5.98. The van der Waals surface area contributed by atoms with Crippen LogP contribution in [0.2, 0.25) is 0 Å². The minimum atomic E-state index is -0.388. The third-order valence-corrected chi connectivity index (χ3v) is 4.18. The first-order chi connectivity index (χ1) is 10.2. The maximum absolute atomic E-state index is 13.5. The average Bonchev–Trinajstić information content (AvgIpc) is 3.19. The Morgan fingerprint density at radius 3 is 2.81 bits per heavy atom. The first kappa shape index (κ1) is 14.5. The van der Waals surface area contributed by atoms with E-state index in [9.17, 15) is 9.18 Å². The van der Waals surface area contributed by atoms with Crippen LogP contribution in [-0.2, 0) is 4.79 Å². The molecule has 1 aliphatic heterocycles. The lowest BCUT2D eigenvalue weighted by Gasteiger charge is -2.25. The molecule has 0 spiro atoms. The summed E-state index contributed by atoms with van der Waals surface area (Å²) >= 11 is 0. The van der Waals surface area contributed by atoms with Gasteiger partial charge in [0.05, 0.1) is 12.2 Å². The SMILES string of the molecule is O=C(CN(CC1CCCN1)C1CC1)Nc1ccccc1F. The second-order valence-corrected chi connectivity index (χ2v) is 5.98. The lowest BCUT2D eigenvalue weighted by Crippen LogP contribution is -2.42. The summed E-state index contributed by atoms with van der Waals surface area (Å²) in [6, 6.07) is 7.31. The van der Waals surface area contributed by atoms with E-state index in [1.165, 1.54) is 31.7 Å². The van der Waals surface area contributed by atoms with Crippen molar-refractivity contribution in [1.29, 1.82) is 0 Å². The number of hydrogen-bond acceptors (Lipinski definition) is 3. The summed E-state index contributed by atoms with van der Waals surface area (Å²) in [6.45, 7) is 2.33. The van der Waals surface area contributed by atoms with E-state index in [-0.39, 0.29) is 17.4 Å². The number of carbonyl (C=O) groups excluding carboxylic acids is 1. The Hall–Kier alpha value is -1.46. The fraction of sp³-hybridized carbons (Fsp3) is 0.562. The van der Waals surface area contributed by atoms with Crippen molar-refractivity contribution in [3.05, 3.63) is 30.1 Å². The van der Waals surface area contributed by atoms with Crippen LogP contribution < -0.4 is 10.6 Å². The van der Waals surface area contributed by atoms with Crippen molar-refractivity contribution in [2.75, 3.05) is 25.0 Å². The zero-order valence-electron chi connectivity index (χ0n) is 12.1.